The third kappa shape index (κ3) is 5.47. The number of benzene rings is 1. The van der Waals surface area contributed by atoms with Gasteiger partial charge in [0, 0.05) is 6.54 Å². The molecule has 2 unspecified atom stereocenters. The Morgan fingerprint density at radius 2 is 1.82 bits per heavy atom. The van der Waals surface area contributed by atoms with Gasteiger partial charge in [-0.25, -0.2) is 4.39 Å². The van der Waals surface area contributed by atoms with E-state index in [2.05, 4.69) is 5.32 Å². The van der Waals surface area contributed by atoms with Crippen LogP contribution < -0.4 is 5.32 Å². The Bertz CT molecular complexity index is 499. The van der Waals surface area contributed by atoms with Gasteiger partial charge in [0.25, 0.3) is 0 Å². The number of aliphatic carboxylic acids is 1. The predicted molar refractivity (Wildman–Crippen MR) is 83.0 cm³/mol. The highest BCUT2D eigenvalue weighted by atomic mass is 19.1. The molecule has 0 fully saturated rings. The summed E-state index contributed by atoms with van der Waals surface area (Å²) in [6, 6.07) is 5.83. The van der Waals surface area contributed by atoms with Gasteiger partial charge in [0.1, 0.15) is 5.82 Å². The highest BCUT2D eigenvalue weighted by Crippen LogP contribution is 2.20. The topological polar surface area (TPSA) is 66.4 Å². The maximum Gasteiger partial charge on any atom is 0.308 e. The van der Waals surface area contributed by atoms with Crippen molar-refractivity contribution >= 4 is 11.9 Å². The third-order valence-corrected chi connectivity index (χ3v) is 3.62. The molecule has 0 aromatic heterocycles. The second kappa shape index (κ2) is 8.51. The first-order valence-corrected chi connectivity index (χ1v) is 7.61. The zero-order valence-corrected chi connectivity index (χ0v) is 13.3. The van der Waals surface area contributed by atoms with Crippen LogP contribution in [-0.4, -0.2) is 23.5 Å². The van der Waals surface area contributed by atoms with Gasteiger partial charge in [-0.1, -0.05) is 32.9 Å². The van der Waals surface area contributed by atoms with Crippen LogP contribution in [0.15, 0.2) is 24.3 Å². The van der Waals surface area contributed by atoms with E-state index in [0.29, 0.717) is 12.8 Å². The molecule has 0 radical (unpaired) electrons. The largest absolute Gasteiger partial charge is 0.481 e. The fourth-order valence-corrected chi connectivity index (χ4v) is 2.46. The normalized spacial score (nSPS) is 13.7. The minimum absolute atomic E-state index is 0.115. The Labute approximate surface area is 130 Å². The average Bonchev–Trinajstić information content (AvgIpc) is 2.45. The third-order valence-electron chi connectivity index (χ3n) is 3.62. The first kappa shape index (κ1) is 18.1. The quantitative estimate of drug-likeness (QED) is 0.775. The van der Waals surface area contributed by atoms with E-state index in [1.807, 2.05) is 20.8 Å². The smallest absolute Gasteiger partial charge is 0.308 e. The van der Waals surface area contributed by atoms with Crippen molar-refractivity contribution in [3.63, 3.8) is 0 Å². The number of rotatable bonds is 8. The minimum Gasteiger partial charge on any atom is -0.481 e. The number of amides is 1. The van der Waals surface area contributed by atoms with Gasteiger partial charge < -0.3 is 10.4 Å². The van der Waals surface area contributed by atoms with Crippen LogP contribution in [0, 0.1) is 17.7 Å². The molecule has 22 heavy (non-hydrogen) atoms. The zero-order chi connectivity index (χ0) is 16.7. The van der Waals surface area contributed by atoms with Gasteiger partial charge in [0.2, 0.25) is 5.91 Å². The summed E-state index contributed by atoms with van der Waals surface area (Å²) in [4.78, 5) is 23.5. The van der Waals surface area contributed by atoms with E-state index in [9.17, 15) is 19.1 Å². The van der Waals surface area contributed by atoms with Crippen LogP contribution in [0.4, 0.5) is 4.39 Å². The monoisotopic (exact) mass is 309 g/mol. The van der Waals surface area contributed by atoms with Crippen LogP contribution in [0.2, 0.25) is 0 Å². The summed E-state index contributed by atoms with van der Waals surface area (Å²) in [7, 11) is 0. The van der Waals surface area contributed by atoms with Gasteiger partial charge in [-0.05, 0) is 36.5 Å². The molecule has 1 aromatic rings. The van der Waals surface area contributed by atoms with E-state index >= 15 is 0 Å². The van der Waals surface area contributed by atoms with E-state index < -0.39 is 17.8 Å². The van der Waals surface area contributed by atoms with Crippen molar-refractivity contribution in [2.75, 3.05) is 6.54 Å². The SMILES string of the molecule is CCC(C(=O)NCC(CC(C)C)C(=O)O)c1ccc(F)cc1. The Hall–Kier alpha value is -1.91. The van der Waals surface area contributed by atoms with Crippen molar-refractivity contribution in [1.82, 2.24) is 5.32 Å². The number of carboxylic acid groups (broad SMARTS) is 1. The van der Waals surface area contributed by atoms with E-state index in [-0.39, 0.29) is 24.2 Å². The van der Waals surface area contributed by atoms with E-state index in [0.717, 1.165) is 5.56 Å². The van der Waals surface area contributed by atoms with Crippen molar-refractivity contribution in [3.8, 4) is 0 Å². The molecule has 122 valence electrons. The molecule has 1 rings (SSSR count). The first-order valence-electron chi connectivity index (χ1n) is 7.61. The maximum absolute atomic E-state index is 13.0. The molecule has 1 aromatic carbocycles. The molecule has 0 saturated heterocycles. The highest BCUT2D eigenvalue weighted by molar-refractivity contribution is 5.84. The van der Waals surface area contributed by atoms with Gasteiger partial charge in [-0.15, -0.1) is 0 Å². The van der Waals surface area contributed by atoms with E-state index in [4.69, 9.17) is 0 Å². The van der Waals surface area contributed by atoms with Gasteiger partial charge in [-0.2, -0.15) is 0 Å². The number of carboxylic acids is 1. The lowest BCUT2D eigenvalue weighted by Crippen LogP contribution is -2.36. The Morgan fingerprint density at radius 1 is 1.23 bits per heavy atom. The number of halogens is 1. The van der Waals surface area contributed by atoms with E-state index in [1.54, 1.807) is 12.1 Å². The summed E-state index contributed by atoms with van der Waals surface area (Å²) in [6.45, 7) is 5.89. The maximum atomic E-state index is 13.0. The first-order chi connectivity index (χ1) is 10.3. The van der Waals surface area contributed by atoms with Crippen LogP contribution in [0.25, 0.3) is 0 Å². The lowest BCUT2D eigenvalue weighted by atomic mass is 9.94. The molecule has 0 saturated carbocycles. The molecule has 0 bridgehead atoms. The van der Waals surface area contributed by atoms with Crippen LogP contribution in [0.5, 0.6) is 0 Å². The molecular formula is C17H24FNO3. The number of carbonyl (C=O) groups is 2. The number of hydrogen-bond donors (Lipinski definition) is 2. The van der Waals surface area contributed by atoms with E-state index in [1.165, 1.54) is 12.1 Å². The van der Waals surface area contributed by atoms with Crippen LogP contribution in [0.3, 0.4) is 0 Å². The molecule has 2 atom stereocenters. The summed E-state index contributed by atoms with van der Waals surface area (Å²) < 4.78 is 13.0. The standard InChI is InChI=1S/C17H24FNO3/c1-4-15(12-5-7-14(18)8-6-12)16(20)19-10-13(17(21)22)9-11(2)3/h5-8,11,13,15H,4,9-10H2,1-3H3,(H,19,20)(H,21,22). The Kier molecular flexibility index (Phi) is 7.02. The summed E-state index contributed by atoms with van der Waals surface area (Å²) >= 11 is 0. The van der Waals surface area contributed by atoms with Crippen LogP contribution in [0.1, 0.15) is 45.1 Å². The lowest BCUT2D eigenvalue weighted by Gasteiger charge is -2.19. The number of nitrogens with one attached hydrogen (secondary N) is 1. The molecular weight excluding hydrogens is 285 g/mol. The summed E-state index contributed by atoms with van der Waals surface area (Å²) in [6.07, 6.45) is 1.09. The minimum atomic E-state index is -0.899. The van der Waals surface area contributed by atoms with Crippen molar-refractivity contribution < 1.29 is 19.1 Å². The summed E-state index contributed by atoms with van der Waals surface area (Å²) in [5, 5.41) is 11.9. The van der Waals surface area contributed by atoms with Crippen molar-refractivity contribution in [2.45, 2.75) is 39.5 Å². The van der Waals surface area contributed by atoms with Crippen molar-refractivity contribution in [3.05, 3.63) is 35.6 Å². The second-order valence-corrected chi connectivity index (χ2v) is 5.92. The number of hydrogen-bond acceptors (Lipinski definition) is 2. The summed E-state index contributed by atoms with van der Waals surface area (Å²) in [5.74, 6) is -2.20. The molecule has 2 N–H and O–H groups in total. The van der Waals surface area contributed by atoms with Crippen LogP contribution >= 0.6 is 0 Å². The average molecular weight is 309 g/mol. The molecule has 5 heteroatoms. The van der Waals surface area contributed by atoms with Gasteiger partial charge in [-0.3, -0.25) is 9.59 Å². The Balaban J connectivity index is 2.68. The van der Waals surface area contributed by atoms with Crippen molar-refractivity contribution in [1.29, 1.82) is 0 Å². The van der Waals surface area contributed by atoms with Gasteiger partial charge in [0.05, 0.1) is 11.8 Å². The molecule has 0 aliphatic heterocycles. The molecule has 0 aliphatic rings. The summed E-state index contributed by atoms with van der Waals surface area (Å²) in [5.41, 5.74) is 0.733. The molecule has 0 spiro atoms. The molecule has 4 nitrogen and oxygen atoms in total. The van der Waals surface area contributed by atoms with Gasteiger partial charge in [0.15, 0.2) is 0 Å². The van der Waals surface area contributed by atoms with Crippen molar-refractivity contribution in [2.24, 2.45) is 11.8 Å². The highest BCUT2D eigenvalue weighted by Gasteiger charge is 2.23. The predicted octanol–water partition coefficient (Wildman–Crippen LogP) is 3.18. The number of carbonyl (C=O) groups excluding carboxylic acids is 1. The molecule has 1 amide bonds. The van der Waals surface area contributed by atoms with Gasteiger partial charge >= 0.3 is 5.97 Å². The fourth-order valence-electron chi connectivity index (χ4n) is 2.46. The second-order valence-electron chi connectivity index (χ2n) is 5.92. The Morgan fingerprint density at radius 3 is 2.27 bits per heavy atom. The molecule has 0 aliphatic carbocycles. The fraction of sp³-hybridized carbons (Fsp3) is 0.529. The van der Waals surface area contributed by atoms with Crippen LogP contribution in [-0.2, 0) is 9.59 Å². The lowest BCUT2D eigenvalue weighted by molar-refractivity contribution is -0.142. The molecule has 0 heterocycles. The zero-order valence-electron chi connectivity index (χ0n) is 13.3.